The first kappa shape index (κ1) is 8.54. The first-order valence-corrected chi connectivity index (χ1v) is 4.92. The van der Waals surface area contributed by atoms with Crippen molar-refractivity contribution in [1.29, 1.82) is 0 Å². The maximum atomic E-state index is 5.33. The zero-order valence-electron chi connectivity index (χ0n) is 8.05. The van der Waals surface area contributed by atoms with Crippen molar-refractivity contribution in [3.05, 3.63) is 23.5 Å². The zero-order valence-corrected chi connectivity index (χ0v) is 8.05. The van der Waals surface area contributed by atoms with E-state index in [4.69, 9.17) is 4.74 Å². The molecule has 1 heterocycles. The lowest BCUT2D eigenvalue weighted by Gasteiger charge is -2.09. The molecule has 2 heteroatoms. The van der Waals surface area contributed by atoms with Crippen LogP contribution in [0.4, 0.5) is 0 Å². The molecule has 0 saturated heterocycles. The summed E-state index contributed by atoms with van der Waals surface area (Å²) in [6.07, 6.45) is 7.96. The van der Waals surface area contributed by atoms with Crippen molar-refractivity contribution in [2.24, 2.45) is 0 Å². The highest BCUT2D eigenvalue weighted by Gasteiger charge is 2.12. The van der Waals surface area contributed by atoms with Crippen molar-refractivity contribution in [3.8, 4) is 5.75 Å². The summed E-state index contributed by atoms with van der Waals surface area (Å²) in [5, 5.41) is 0. The van der Waals surface area contributed by atoms with Crippen molar-refractivity contribution in [1.82, 2.24) is 4.98 Å². The third-order valence-corrected chi connectivity index (χ3v) is 2.66. The molecule has 0 spiro atoms. The number of ether oxygens (including phenoxy) is 1. The van der Waals surface area contributed by atoms with E-state index in [1.54, 1.807) is 7.11 Å². The molecule has 0 radical (unpaired) electrons. The van der Waals surface area contributed by atoms with E-state index >= 15 is 0 Å². The number of hydrogen-bond acceptors (Lipinski definition) is 2. The Morgan fingerprint density at radius 2 is 2.08 bits per heavy atom. The fourth-order valence-electron chi connectivity index (χ4n) is 1.96. The van der Waals surface area contributed by atoms with E-state index in [0.29, 0.717) is 0 Å². The predicted octanol–water partition coefficient (Wildman–Crippen LogP) is 2.36. The lowest BCUT2D eigenvalue weighted by Crippen LogP contribution is -1.98. The summed E-state index contributed by atoms with van der Waals surface area (Å²) >= 11 is 0. The van der Waals surface area contributed by atoms with Gasteiger partial charge in [0.05, 0.1) is 7.11 Å². The van der Waals surface area contributed by atoms with Crippen molar-refractivity contribution >= 4 is 0 Å². The van der Waals surface area contributed by atoms with Crippen molar-refractivity contribution in [2.45, 2.75) is 32.1 Å². The smallest absolute Gasteiger partial charge is 0.125 e. The maximum Gasteiger partial charge on any atom is 0.125 e. The van der Waals surface area contributed by atoms with Gasteiger partial charge < -0.3 is 4.74 Å². The molecular weight excluding hydrogens is 162 g/mol. The molecule has 0 aromatic carbocycles. The number of aryl methyl sites for hydroxylation is 1. The minimum atomic E-state index is 1.02. The van der Waals surface area contributed by atoms with Crippen molar-refractivity contribution in [3.63, 3.8) is 0 Å². The average Bonchev–Trinajstić information content (AvgIpc) is 2.41. The van der Waals surface area contributed by atoms with Crippen molar-refractivity contribution < 1.29 is 4.74 Å². The molecule has 0 fully saturated rings. The minimum Gasteiger partial charge on any atom is -0.496 e. The summed E-state index contributed by atoms with van der Waals surface area (Å²) in [6, 6.07) is 1.96. The van der Waals surface area contributed by atoms with Crippen LogP contribution in [-0.2, 0) is 12.8 Å². The maximum absolute atomic E-state index is 5.33. The van der Waals surface area contributed by atoms with Gasteiger partial charge in [-0.05, 0) is 31.7 Å². The van der Waals surface area contributed by atoms with E-state index < -0.39 is 0 Å². The highest BCUT2D eigenvalue weighted by molar-refractivity contribution is 5.36. The molecule has 0 saturated carbocycles. The Morgan fingerprint density at radius 1 is 1.23 bits per heavy atom. The number of methoxy groups -OCH3 is 1. The molecule has 70 valence electrons. The summed E-state index contributed by atoms with van der Waals surface area (Å²) in [7, 11) is 1.74. The van der Waals surface area contributed by atoms with E-state index in [2.05, 4.69) is 4.98 Å². The average molecular weight is 177 g/mol. The molecule has 1 aliphatic carbocycles. The van der Waals surface area contributed by atoms with Crippen LogP contribution < -0.4 is 4.74 Å². The van der Waals surface area contributed by atoms with Gasteiger partial charge >= 0.3 is 0 Å². The monoisotopic (exact) mass is 177 g/mol. The Labute approximate surface area is 78.9 Å². The molecule has 0 atom stereocenters. The van der Waals surface area contributed by atoms with E-state index in [1.165, 1.54) is 30.5 Å². The molecule has 0 amide bonds. The summed E-state index contributed by atoms with van der Waals surface area (Å²) in [5.74, 6) is 1.02. The van der Waals surface area contributed by atoms with Gasteiger partial charge in [0.2, 0.25) is 0 Å². The van der Waals surface area contributed by atoms with Crippen LogP contribution in [0.5, 0.6) is 5.75 Å². The van der Waals surface area contributed by atoms with Gasteiger partial charge in [-0.2, -0.15) is 0 Å². The van der Waals surface area contributed by atoms with Crippen molar-refractivity contribution in [2.75, 3.05) is 7.11 Å². The van der Waals surface area contributed by atoms with Crippen LogP contribution in [0.25, 0.3) is 0 Å². The Bertz CT molecular complexity index is 296. The second-order valence-electron chi connectivity index (χ2n) is 3.50. The highest BCUT2D eigenvalue weighted by atomic mass is 16.5. The minimum absolute atomic E-state index is 1.02. The molecule has 1 aromatic rings. The summed E-state index contributed by atoms with van der Waals surface area (Å²) in [6.45, 7) is 0. The number of nitrogens with zero attached hydrogens (tertiary/aromatic N) is 1. The normalized spacial score (nSPS) is 16.1. The fraction of sp³-hybridized carbons (Fsp3) is 0.545. The second kappa shape index (κ2) is 3.77. The number of rotatable bonds is 1. The Kier molecular flexibility index (Phi) is 2.48. The number of pyridine rings is 1. The molecule has 1 aromatic heterocycles. The van der Waals surface area contributed by atoms with Crippen LogP contribution in [0.3, 0.4) is 0 Å². The molecular formula is C11H15NO. The number of hydrogen-bond donors (Lipinski definition) is 0. The summed E-state index contributed by atoms with van der Waals surface area (Å²) < 4.78 is 5.33. The number of fused-ring (bicyclic) bond motifs is 1. The second-order valence-corrected chi connectivity index (χ2v) is 3.50. The molecule has 0 unspecified atom stereocenters. The van der Waals surface area contributed by atoms with Gasteiger partial charge in [-0.3, -0.25) is 4.98 Å². The highest BCUT2D eigenvalue weighted by Crippen LogP contribution is 2.26. The van der Waals surface area contributed by atoms with Gasteiger partial charge in [0.15, 0.2) is 0 Å². The van der Waals surface area contributed by atoms with Gasteiger partial charge in [-0.15, -0.1) is 0 Å². The van der Waals surface area contributed by atoms with E-state index in [1.807, 2.05) is 12.3 Å². The number of aromatic nitrogens is 1. The quantitative estimate of drug-likeness (QED) is 0.614. The Morgan fingerprint density at radius 3 is 2.92 bits per heavy atom. The third-order valence-electron chi connectivity index (χ3n) is 2.66. The summed E-state index contributed by atoms with van der Waals surface area (Å²) in [5.41, 5.74) is 2.58. The molecule has 0 aliphatic heterocycles. The molecule has 0 N–H and O–H groups in total. The first-order chi connectivity index (χ1) is 6.42. The van der Waals surface area contributed by atoms with Gasteiger partial charge in [-0.25, -0.2) is 0 Å². The summed E-state index contributed by atoms with van der Waals surface area (Å²) in [4.78, 5) is 4.41. The fourth-order valence-corrected chi connectivity index (χ4v) is 1.96. The molecule has 2 rings (SSSR count). The van der Waals surface area contributed by atoms with E-state index in [-0.39, 0.29) is 0 Å². The standard InChI is InChI=1S/C11H15NO/c1-13-11-7-8-12-10-6-4-2-3-5-9(10)11/h7-8H,2-6H2,1H3. The zero-order chi connectivity index (χ0) is 9.10. The SMILES string of the molecule is COc1ccnc2c1CCCCC2. The van der Waals surface area contributed by atoms with Gasteiger partial charge in [0.1, 0.15) is 5.75 Å². The van der Waals surface area contributed by atoms with Crippen LogP contribution >= 0.6 is 0 Å². The van der Waals surface area contributed by atoms with Crippen LogP contribution in [0, 0.1) is 0 Å². The molecule has 0 bridgehead atoms. The lowest BCUT2D eigenvalue weighted by atomic mass is 10.1. The Balaban J connectivity index is 2.40. The third kappa shape index (κ3) is 1.67. The molecule has 1 aliphatic rings. The van der Waals surface area contributed by atoms with E-state index in [9.17, 15) is 0 Å². The topological polar surface area (TPSA) is 22.1 Å². The van der Waals surface area contributed by atoms with Gasteiger partial charge in [0, 0.05) is 17.5 Å². The largest absolute Gasteiger partial charge is 0.496 e. The molecule has 2 nitrogen and oxygen atoms in total. The predicted molar refractivity (Wildman–Crippen MR) is 52.0 cm³/mol. The van der Waals surface area contributed by atoms with Gasteiger partial charge in [0.25, 0.3) is 0 Å². The first-order valence-electron chi connectivity index (χ1n) is 4.92. The van der Waals surface area contributed by atoms with Crippen LogP contribution in [0.15, 0.2) is 12.3 Å². The van der Waals surface area contributed by atoms with E-state index in [0.717, 1.165) is 18.6 Å². The van der Waals surface area contributed by atoms with Crippen LogP contribution in [0.1, 0.15) is 30.5 Å². The van der Waals surface area contributed by atoms with Gasteiger partial charge in [-0.1, -0.05) is 6.42 Å². The van der Waals surface area contributed by atoms with Crippen LogP contribution in [-0.4, -0.2) is 12.1 Å². The molecule has 13 heavy (non-hydrogen) atoms. The Hall–Kier alpha value is -1.05. The van der Waals surface area contributed by atoms with Crippen LogP contribution in [0.2, 0.25) is 0 Å². The lowest BCUT2D eigenvalue weighted by molar-refractivity contribution is 0.408.